The Bertz CT molecular complexity index is 3850. The molecule has 5 nitrogen and oxygen atoms in total. The second-order valence-electron chi connectivity index (χ2n) is 17.5. The van der Waals surface area contributed by atoms with Crippen LogP contribution in [0.1, 0.15) is 0 Å². The zero-order valence-corrected chi connectivity index (χ0v) is 36.0. The number of pyridine rings is 1. The normalized spacial score (nSPS) is 13.0. The van der Waals surface area contributed by atoms with Gasteiger partial charge < -0.3 is 18.9 Å². The summed E-state index contributed by atoms with van der Waals surface area (Å²) < 4.78 is 4.88. The van der Waals surface area contributed by atoms with Crippen molar-refractivity contribution in [1.29, 1.82) is 0 Å². The van der Waals surface area contributed by atoms with Crippen molar-refractivity contribution in [2.24, 2.45) is 0 Å². The summed E-state index contributed by atoms with van der Waals surface area (Å²) in [6.07, 6.45) is 1.94. The van der Waals surface area contributed by atoms with Gasteiger partial charge in [-0.05, 0) is 119 Å². The highest BCUT2D eigenvalue weighted by atomic mass is 15.3. The van der Waals surface area contributed by atoms with E-state index in [9.17, 15) is 0 Å². The van der Waals surface area contributed by atoms with Crippen LogP contribution >= 0.6 is 0 Å². The number of benzene rings is 9. The molecule has 1 aliphatic heterocycles. The number of hydrogen-bond acceptors (Lipinski definition) is 3. The number of para-hydroxylation sites is 5. The molecule has 9 aromatic carbocycles. The third-order valence-corrected chi connectivity index (χ3v) is 14.0. The fraction of sp³-hybridized carbons (Fsp3) is 0.0328. The molecular formula is C61H41N5. The molecule has 5 heteroatoms. The van der Waals surface area contributed by atoms with Gasteiger partial charge in [-0.25, -0.2) is 0 Å². The number of nitrogens with zero attached hydrogens (tertiary/aromatic N) is 5. The minimum absolute atomic E-state index is 0.840. The van der Waals surface area contributed by atoms with Gasteiger partial charge in [0.2, 0.25) is 0 Å². The molecule has 0 amide bonds. The summed E-state index contributed by atoms with van der Waals surface area (Å²) in [7, 11) is 0. The minimum Gasteiger partial charge on any atom is -0.338 e. The number of fused-ring (bicyclic) bond motifs is 15. The summed E-state index contributed by atoms with van der Waals surface area (Å²) in [6, 6.07) is 80.1. The molecule has 0 bridgehead atoms. The molecule has 66 heavy (non-hydrogen) atoms. The predicted molar refractivity (Wildman–Crippen MR) is 275 cm³/mol. The van der Waals surface area contributed by atoms with Gasteiger partial charge in [0.25, 0.3) is 0 Å². The summed E-state index contributed by atoms with van der Waals surface area (Å²) in [5, 5.41) is 4.96. The number of rotatable bonds is 4. The van der Waals surface area contributed by atoms with E-state index >= 15 is 0 Å². The molecule has 0 saturated heterocycles. The van der Waals surface area contributed by atoms with E-state index in [0.29, 0.717) is 0 Å². The SMILES string of the molecule is c1ccc(N2CCN(c3ccccc3)c3cc4c(cc32)-c2cc(-n3c5ccccc5c5cc(-n6c7ccccc7c7ccccc76)ccc53)ccc2-c2ccccc2-c2cccnc2-4)cc1. The Balaban J connectivity index is 1.04. The molecule has 310 valence electrons. The van der Waals surface area contributed by atoms with E-state index in [0.717, 1.165) is 46.8 Å². The van der Waals surface area contributed by atoms with Crippen LogP contribution in [0.3, 0.4) is 0 Å². The lowest BCUT2D eigenvalue weighted by atomic mass is 9.82. The first-order valence-electron chi connectivity index (χ1n) is 22.8. The minimum atomic E-state index is 0.840. The van der Waals surface area contributed by atoms with E-state index in [2.05, 4.69) is 237 Å². The number of aromatic nitrogens is 3. The fourth-order valence-corrected chi connectivity index (χ4v) is 11.1. The zero-order chi connectivity index (χ0) is 43.3. The van der Waals surface area contributed by atoms with Crippen molar-refractivity contribution in [3.05, 3.63) is 225 Å². The molecule has 12 aromatic rings. The van der Waals surface area contributed by atoms with Crippen LogP contribution in [0.2, 0.25) is 0 Å². The summed E-state index contributed by atoms with van der Waals surface area (Å²) in [4.78, 5) is 10.2. The van der Waals surface area contributed by atoms with Gasteiger partial charge in [0.1, 0.15) is 0 Å². The molecule has 0 spiro atoms. The van der Waals surface area contributed by atoms with Gasteiger partial charge in [-0.3, -0.25) is 4.98 Å². The van der Waals surface area contributed by atoms with E-state index in [1.165, 1.54) is 88.6 Å². The molecule has 2 aliphatic rings. The van der Waals surface area contributed by atoms with Crippen molar-refractivity contribution in [2.75, 3.05) is 22.9 Å². The molecule has 0 radical (unpaired) electrons. The Morgan fingerprint density at radius 2 is 0.727 bits per heavy atom. The average Bonchev–Trinajstić information content (AvgIpc) is 3.90. The van der Waals surface area contributed by atoms with Gasteiger partial charge in [0.05, 0.1) is 39.1 Å². The predicted octanol–water partition coefficient (Wildman–Crippen LogP) is 15.5. The molecule has 14 rings (SSSR count). The summed E-state index contributed by atoms with van der Waals surface area (Å²) >= 11 is 0. The molecule has 0 N–H and O–H groups in total. The summed E-state index contributed by atoms with van der Waals surface area (Å²) in [6.45, 7) is 1.68. The Morgan fingerprint density at radius 3 is 1.35 bits per heavy atom. The van der Waals surface area contributed by atoms with Crippen molar-refractivity contribution in [3.63, 3.8) is 0 Å². The fourth-order valence-electron chi connectivity index (χ4n) is 11.1. The Morgan fingerprint density at radius 1 is 0.288 bits per heavy atom. The van der Waals surface area contributed by atoms with Gasteiger partial charge >= 0.3 is 0 Å². The zero-order valence-electron chi connectivity index (χ0n) is 36.0. The average molecular weight is 844 g/mol. The number of hydrogen-bond donors (Lipinski definition) is 0. The van der Waals surface area contributed by atoms with E-state index in [4.69, 9.17) is 4.98 Å². The highest BCUT2D eigenvalue weighted by Crippen LogP contribution is 2.53. The van der Waals surface area contributed by atoms with Crippen LogP contribution in [0.5, 0.6) is 0 Å². The topological polar surface area (TPSA) is 29.2 Å². The number of anilines is 4. The quantitative estimate of drug-likeness (QED) is 0.177. The standard InChI is InChI=1S/C61H41N5/c1-3-16-40(17-4-1)63-34-35-64(41-18-5-2-6-19-41)60-39-54-52(38-59(60)63)51-36-42(29-31-46(51)44-20-7-8-21-45(44)50-25-15-33-62-61(50)54)66-57-28-14-11-24-49(57)53-37-43(30-32-58(53)66)65-55-26-12-9-22-47(55)48-23-10-13-27-56(48)65/h1-33,36-39H,34-35H2. The highest BCUT2D eigenvalue weighted by molar-refractivity contribution is 6.13. The van der Waals surface area contributed by atoms with Gasteiger partial charge in [0, 0.05) is 74.7 Å². The molecule has 0 saturated carbocycles. The third kappa shape index (κ3) is 5.44. The van der Waals surface area contributed by atoms with Gasteiger partial charge in [0.15, 0.2) is 0 Å². The van der Waals surface area contributed by atoms with Crippen LogP contribution in [0.25, 0.3) is 99.6 Å². The molecule has 0 fully saturated rings. The lowest BCUT2D eigenvalue weighted by molar-refractivity contribution is 0.850. The van der Waals surface area contributed by atoms with Gasteiger partial charge in [-0.1, -0.05) is 127 Å². The van der Waals surface area contributed by atoms with E-state index < -0.39 is 0 Å². The maximum Gasteiger partial charge on any atom is 0.0787 e. The summed E-state index contributed by atoms with van der Waals surface area (Å²) in [5.41, 5.74) is 20.8. The van der Waals surface area contributed by atoms with Gasteiger partial charge in [-0.15, -0.1) is 0 Å². The lowest BCUT2D eigenvalue weighted by Crippen LogP contribution is -2.36. The molecule has 0 unspecified atom stereocenters. The molecule has 3 aromatic heterocycles. The first-order valence-corrected chi connectivity index (χ1v) is 22.8. The van der Waals surface area contributed by atoms with Crippen LogP contribution in [0.4, 0.5) is 22.7 Å². The smallest absolute Gasteiger partial charge is 0.0787 e. The molecular weight excluding hydrogens is 803 g/mol. The lowest BCUT2D eigenvalue weighted by Gasteiger charge is -2.40. The Kier molecular flexibility index (Phi) is 8.04. The highest BCUT2D eigenvalue weighted by Gasteiger charge is 2.31. The van der Waals surface area contributed by atoms with E-state index in [-0.39, 0.29) is 0 Å². The van der Waals surface area contributed by atoms with Crippen molar-refractivity contribution in [3.8, 4) is 56.0 Å². The second kappa shape index (κ2) is 14.4. The van der Waals surface area contributed by atoms with E-state index in [1.54, 1.807) is 0 Å². The maximum absolute atomic E-state index is 5.24. The largest absolute Gasteiger partial charge is 0.338 e. The third-order valence-electron chi connectivity index (χ3n) is 14.0. The monoisotopic (exact) mass is 843 g/mol. The maximum atomic E-state index is 5.24. The van der Waals surface area contributed by atoms with Crippen molar-refractivity contribution in [2.45, 2.75) is 0 Å². The van der Waals surface area contributed by atoms with Crippen LogP contribution in [0.15, 0.2) is 225 Å². The van der Waals surface area contributed by atoms with E-state index in [1.807, 2.05) is 6.20 Å². The Hall–Kier alpha value is -8.67. The van der Waals surface area contributed by atoms with Crippen LogP contribution in [-0.2, 0) is 0 Å². The second-order valence-corrected chi connectivity index (χ2v) is 17.5. The van der Waals surface area contributed by atoms with Crippen LogP contribution < -0.4 is 9.80 Å². The van der Waals surface area contributed by atoms with Gasteiger partial charge in [-0.2, -0.15) is 0 Å². The Labute approximate surface area is 382 Å². The van der Waals surface area contributed by atoms with Crippen molar-refractivity contribution < 1.29 is 0 Å². The first-order chi connectivity index (χ1) is 32.8. The van der Waals surface area contributed by atoms with Crippen LogP contribution in [0, 0.1) is 0 Å². The van der Waals surface area contributed by atoms with Crippen LogP contribution in [-0.4, -0.2) is 27.2 Å². The first kappa shape index (κ1) is 36.8. The summed E-state index contributed by atoms with van der Waals surface area (Å²) in [5.74, 6) is 0. The van der Waals surface area contributed by atoms with Crippen molar-refractivity contribution in [1.82, 2.24) is 14.1 Å². The molecule has 1 aliphatic carbocycles. The molecule has 0 atom stereocenters. The molecule has 4 heterocycles. The van der Waals surface area contributed by atoms with Crippen molar-refractivity contribution >= 4 is 66.4 Å².